The average molecular weight is 316 g/mol. The van der Waals surface area contributed by atoms with Gasteiger partial charge in [0.25, 0.3) is 0 Å². The summed E-state index contributed by atoms with van der Waals surface area (Å²) in [7, 11) is 0. The van der Waals surface area contributed by atoms with Gasteiger partial charge in [0.15, 0.2) is 0 Å². The van der Waals surface area contributed by atoms with E-state index in [1.807, 2.05) is 13.8 Å². The third-order valence-corrected chi connectivity index (χ3v) is 4.37. The minimum absolute atomic E-state index is 0.00630. The molecule has 3 aromatic heterocycles. The first-order valence-corrected chi connectivity index (χ1v) is 8.29. The van der Waals surface area contributed by atoms with Crippen molar-refractivity contribution in [3.8, 4) is 0 Å². The van der Waals surface area contributed by atoms with Crippen LogP contribution in [-0.2, 0) is 6.42 Å². The Morgan fingerprint density at radius 1 is 1.27 bits per heavy atom. The summed E-state index contributed by atoms with van der Waals surface area (Å²) in [5, 5.41) is 13.6. The number of thiophene rings is 1. The normalized spacial score (nSPS) is 13.0. The molecule has 0 aromatic carbocycles. The van der Waals surface area contributed by atoms with Crippen molar-refractivity contribution in [3.05, 3.63) is 28.9 Å². The fourth-order valence-corrected chi connectivity index (χ4v) is 3.50. The Kier molecular flexibility index (Phi) is 4.06. The summed E-state index contributed by atoms with van der Waals surface area (Å²) in [6, 6.07) is 0.00630. The lowest BCUT2D eigenvalue weighted by molar-refractivity contribution is 0.651. The highest BCUT2D eigenvalue weighted by Crippen LogP contribution is 2.32. The number of H-pyrrole nitrogens is 1. The lowest BCUT2D eigenvalue weighted by atomic mass is 10.0. The Morgan fingerprint density at radius 2 is 2.09 bits per heavy atom. The summed E-state index contributed by atoms with van der Waals surface area (Å²) in [6.07, 6.45) is 2.54. The Hall–Kier alpha value is -2.02. The number of aromatic amines is 1. The van der Waals surface area contributed by atoms with Gasteiger partial charge in [0.1, 0.15) is 28.6 Å². The fourth-order valence-electron chi connectivity index (χ4n) is 2.50. The standard InChI is InChI=1S/C15H20N6S/c1-8(2)5-11-6-22-15-12(11)14(19-10(4)20-15)18-9(3)13-16-7-17-21-13/h6-9H,5H2,1-4H3,(H,16,17,21)(H,18,19,20). The van der Waals surface area contributed by atoms with Crippen LogP contribution in [-0.4, -0.2) is 25.1 Å². The molecule has 0 aliphatic heterocycles. The minimum atomic E-state index is 0.00630. The highest BCUT2D eigenvalue weighted by molar-refractivity contribution is 7.17. The molecule has 0 fully saturated rings. The fraction of sp³-hybridized carbons (Fsp3) is 0.467. The van der Waals surface area contributed by atoms with E-state index in [4.69, 9.17) is 0 Å². The molecule has 6 nitrogen and oxygen atoms in total. The molecule has 22 heavy (non-hydrogen) atoms. The number of rotatable bonds is 5. The Morgan fingerprint density at radius 3 is 2.77 bits per heavy atom. The quantitative estimate of drug-likeness (QED) is 0.753. The lowest BCUT2D eigenvalue weighted by Gasteiger charge is -2.14. The van der Waals surface area contributed by atoms with Gasteiger partial charge in [-0.3, -0.25) is 5.10 Å². The van der Waals surface area contributed by atoms with Gasteiger partial charge in [-0.2, -0.15) is 5.10 Å². The van der Waals surface area contributed by atoms with Gasteiger partial charge in [-0.15, -0.1) is 11.3 Å². The highest BCUT2D eigenvalue weighted by Gasteiger charge is 2.17. The molecule has 0 saturated heterocycles. The third kappa shape index (κ3) is 2.94. The number of aryl methyl sites for hydroxylation is 1. The number of hydrogen-bond acceptors (Lipinski definition) is 6. The van der Waals surface area contributed by atoms with E-state index in [-0.39, 0.29) is 6.04 Å². The van der Waals surface area contributed by atoms with Crippen LogP contribution < -0.4 is 5.32 Å². The average Bonchev–Trinajstić information content (AvgIpc) is 3.08. The zero-order chi connectivity index (χ0) is 15.7. The van der Waals surface area contributed by atoms with Crippen molar-refractivity contribution in [3.63, 3.8) is 0 Å². The van der Waals surface area contributed by atoms with Crippen LogP contribution in [0.15, 0.2) is 11.7 Å². The number of hydrogen-bond donors (Lipinski definition) is 2. The molecule has 0 aliphatic carbocycles. The first kappa shape index (κ1) is 14.9. The van der Waals surface area contributed by atoms with E-state index in [1.54, 1.807) is 11.3 Å². The lowest BCUT2D eigenvalue weighted by Crippen LogP contribution is -2.11. The predicted octanol–water partition coefficient (Wildman–Crippen LogP) is 3.49. The summed E-state index contributed by atoms with van der Waals surface area (Å²) >= 11 is 1.68. The van der Waals surface area contributed by atoms with Crippen LogP contribution in [0.3, 0.4) is 0 Å². The largest absolute Gasteiger partial charge is 0.360 e. The maximum Gasteiger partial charge on any atom is 0.146 e. The van der Waals surface area contributed by atoms with Crippen molar-refractivity contribution >= 4 is 27.4 Å². The van der Waals surface area contributed by atoms with Gasteiger partial charge in [-0.1, -0.05) is 13.8 Å². The Balaban J connectivity index is 2.01. The topological polar surface area (TPSA) is 79.4 Å². The van der Waals surface area contributed by atoms with Gasteiger partial charge in [0, 0.05) is 0 Å². The maximum atomic E-state index is 4.61. The second-order valence-corrected chi connectivity index (χ2v) is 6.75. The molecular formula is C15H20N6S. The highest BCUT2D eigenvalue weighted by atomic mass is 32.1. The number of anilines is 1. The van der Waals surface area contributed by atoms with Crippen LogP contribution >= 0.6 is 11.3 Å². The molecule has 116 valence electrons. The van der Waals surface area contributed by atoms with Crippen LogP contribution in [0.1, 0.15) is 44.0 Å². The summed E-state index contributed by atoms with van der Waals surface area (Å²) in [4.78, 5) is 14.4. The summed E-state index contributed by atoms with van der Waals surface area (Å²) in [6.45, 7) is 8.41. The van der Waals surface area contributed by atoms with Crippen molar-refractivity contribution in [2.24, 2.45) is 5.92 Å². The molecule has 1 atom stereocenters. The van der Waals surface area contributed by atoms with Crippen molar-refractivity contribution in [1.82, 2.24) is 25.1 Å². The van der Waals surface area contributed by atoms with E-state index in [0.29, 0.717) is 5.92 Å². The van der Waals surface area contributed by atoms with Crippen molar-refractivity contribution in [1.29, 1.82) is 0 Å². The zero-order valence-electron chi connectivity index (χ0n) is 13.2. The van der Waals surface area contributed by atoms with Crippen molar-refractivity contribution in [2.45, 2.75) is 40.2 Å². The van der Waals surface area contributed by atoms with E-state index >= 15 is 0 Å². The minimum Gasteiger partial charge on any atom is -0.360 e. The smallest absolute Gasteiger partial charge is 0.146 e. The first-order valence-electron chi connectivity index (χ1n) is 7.41. The summed E-state index contributed by atoms with van der Waals surface area (Å²) < 4.78 is 0. The van der Waals surface area contributed by atoms with Crippen molar-refractivity contribution in [2.75, 3.05) is 5.32 Å². The zero-order valence-corrected chi connectivity index (χ0v) is 14.0. The van der Waals surface area contributed by atoms with Crippen LogP contribution in [0.4, 0.5) is 5.82 Å². The second kappa shape index (κ2) is 6.00. The molecule has 3 rings (SSSR count). The van der Waals surface area contributed by atoms with Crippen LogP contribution in [0.2, 0.25) is 0 Å². The molecule has 7 heteroatoms. The number of aromatic nitrogens is 5. The van der Waals surface area contributed by atoms with E-state index in [9.17, 15) is 0 Å². The van der Waals surface area contributed by atoms with Gasteiger partial charge in [0.2, 0.25) is 0 Å². The molecule has 0 saturated carbocycles. The van der Waals surface area contributed by atoms with Crippen LogP contribution in [0, 0.1) is 12.8 Å². The Labute approximate surface area is 133 Å². The van der Waals surface area contributed by atoms with Gasteiger partial charge in [-0.05, 0) is 37.1 Å². The van der Waals surface area contributed by atoms with Gasteiger partial charge < -0.3 is 5.32 Å². The van der Waals surface area contributed by atoms with Crippen LogP contribution in [0.25, 0.3) is 10.2 Å². The van der Waals surface area contributed by atoms with E-state index in [2.05, 4.69) is 49.7 Å². The van der Waals surface area contributed by atoms with Gasteiger partial charge in [0.05, 0.1) is 11.4 Å². The molecule has 1 unspecified atom stereocenters. The first-order chi connectivity index (χ1) is 10.5. The van der Waals surface area contributed by atoms with Crippen molar-refractivity contribution < 1.29 is 0 Å². The van der Waals surface area contributed by atoms with Gasteiger partial charge >= 0.3 is 0 Å². The molecule has 3 heterocycles. The number of nitrogens with zero attached hydrogens (tertiary/aromatic N) is 4. The molecule has 3 aromatic rings. The molecule has 0 bridgehead atoms. The van der Waals surface area contributed by atoms with E-state index < -0.39 is 0 Å². The van der Waals surface area contributed by atoms with E-state index in [1.165, 1.54) is 11.9 Å². The van der Waals surface area contributed by atoms with Crippen LogP contribution in [0.5, 0.6) is 0 Å². The summed E-state index contributed by atoms with van der Waals surface area (Å²) in [5.41, 5.74) is 1.31. The molecule has 0 aliphatic rings. The third-order valence-electron chi connectivity index (χ3n) is 3.45. The summed E-state index contributed by atoms with van der Waals surface area (Å²) in [5.74, 6) is 3.05. The molecular weight excluding hydrogens is 296 g/mol. The van der Waals surface area contributed by atoms with E-state index in [0.717, 1.165) is 34.1 Å². The maximum absolute atomic E-state index is 4.61. The molecule has 0 radical (unpaired) electrons. The molecule has 2 N–H and O–H groups in total. The number of fused-ring (bicyclic) bond motifs is 1. The predicted molar refractivity (Wildman–Crippen MR) is 89.1 cm³/mol. The monoisotopic (exact) mass is 316 g/mol. The second-order valence-electron chi connectivity index (χ2n) is 5.90. The molecule has 0 amide bonds. The molecule has 0 spiro atoms. The van der Waals surface area contributed by atoms with Gasteiger partial charge in [-0.25, -0.2) is 15.0 Å². The Bertz CT molecular complexity index is 762. The SMILES string of the molecule is Cc1nc(NC(C)c2ncn[nH]2)c2c(CC(C)C)csc2n1. The number of nitrogens with one attached hydrogen (secondary N) is 2.